The second kappa shape index (κ2) is 11.2. The Balaban J connectivity index is 1.24. The van der Waals surface area contributed by atoms with Gasteiger partial charge in [-0.2, -0.15) is 0 Å². The van der Waals surface area contributed by atoms with Gasteiger partial charge in [-0.15, -0.1) is 11.3 Å². The monoisotopic (exact) mass is 502 g/mol. The minimum Gasteiger partial charge on any atom is -0.369 e. The molecule has 4 aromatic carbocycles. The molecule has 0 aliphatic rings. The van der Waals surface area contributed by atoms with Crippen molar-refractivity contribution < 1.29 is 0 Å². The van der Waals surface area contributed by atoms with Gasteiger partial charge in [0, 0.05) is 21.1 Å². The molecule has 6 N–H and O–H groups in total. The summed E-state index contributed by atoms with van der Waals surface area (Å²) in [7, 11) is 0. The zero-order chi connectivity index (χ0) is 25.5. The van der Waals surface area contributed by atoms with E-state index in [9.17, 15) is 0 Å². The van der Waals surface area contributed by atoms with Crippen molar-refractivity contribution in [3.05, 3.63) is 121 Å². The van der Waals surface area contributed by atoms with Gasteiger partial charge in [-0.05, 0) is 71.8 Å². The molecule has 37 heavy (non-hydrogen) atoms. The summed E-state index contributed by atoms with van der Waals surface area (Å²) in [6.45, 7) is 0. The van der Waals surface area contributed by atoms with Crippen LogP contribution in [0.25, 0.3) is 20.9 Å². The van der Waals surface area contributed by atoms with Crippen LogP contribution in [0.2, 0.25) is 0 Å². The molecule has 7 heteroatoms. The van der Waals surface area contributed by atoms with Gasteiger partial charge in [0.1, 0.15) is 0 Å². The summed E-state index contributed by atoms with van der Waals surface area (Å²) in [5.74, 6) is 0.700. The normalized spacial score (nSPS) is 11.8. The summed E-state index contributed by atoms with van der Waals surface area (Å²) < 4.78 is 0. The Morgan fingerprint density at radius 2 is 0.865 bits per heavy atom. The molecule has 0 saturated heterocycles. The van der Waals surface area contributed by atoms with Crippen LogP contribution >= 0.6 is 11.3 Å². The van der Waals surface area contributed by atoms with Crippen LogP contribution in [0.1, 0.15) is 0 Å². The van der Waals surface area contributed by atoms with Gasteiger partial charge in [0.15, 0.2) is 11.9 Å². The standard InChI is InChI=1S/C30H26N6S/c31-29(33-23-7-3-1-4-8-23)35-25-15-11-21(12-16-25)27-19-20-28(37-27)22-13-17-26(18-14-22)36-30(32)34-24-9-5-2-6-10-24/h1-20H,(H3,31,33,35)(H3,32,34,36). The van der Waals surface area contributed by atoms with Crippen LogP contribution < -0.4 is 22.1 Å². The predicted octanol–water partition coefficient (Wildman–Crippen LogP) is 7.20. The SMILES string of the molecule is NC(=Nc1ccc(-c2ccc(-c3ccc(N=C(N)Nc4ccccc4)cc3)s2)cc1)Nc1ccccc1. The summed E-state index contributed by atoms with van der Waals surface area (Å²) in [6, 6.07) is 39.9. The summed E-state index contributed by atoms with van der Waals surface area (Å²) in [6.07, 6.45) is 0. The fourth-order valence-corrected chi connectivity index (χ4v) is 4.74. The van der Waals surface area contributed by atoms with Crippen molar-refractivity contribution in [2.45, 2.75) is 0 Å². The van der Waals surface area contributed by atoms with Crippen LogP contribution in [0.3, 0.4) is 0 Å². The average Bonchev–Trinajstić information content (AvgIpc) is 3.41. The van der Waals surface area contributed by atoms with E-state index < -0.39 is 0 Å². The van der Waals surface area contributed by atoms with Gasteiger partial charge >= 0.3 is 0 Å². The first kappa shape index (κ1) is 23.8. The molecule has 0 atom stereocenters. The Morgan fingerprint density at radius 3 is 1.24 bits per heavy atom. The Bertz CT molecular complexity index is 1390. The van der Waals surface area contributed by atoms with Crippen molar-refractivity contribution in [1.29, 1.82) is 0 Å². The molecule has 0 aliphatic heterocycles. The Kier molecular flexibility index (Phi) is 7.24. The van der Waals surface area contributed by atoms with E-state index in [0.29, 0.717) is 11.9 Å². The number of benzene rings is 4. The molecule has 0 fully saturated rings. The molecule has 0 unspecified atom stereocenters. The van der Waals surface area contributed by atoms with Crippen molar-refractivity contribution in [3.8, 4) is 20.9 Å². The number of aliphatic imine (C=N–C) groups is 2. The van der Waals surface area contributed by atoms with E-state index in [1.165, 1.54) is 9.75 Å². The molecule has 0 aliphatic carbocycles. The lowest BCUT2D eigenvalue weighted by molar-refractivity contribution is 1.44. The zero-order valence-corrected chi connectivity index (χ0v) is 20.8. The van der Waals surface area contributed by atoms with Crippen LogP contribution in [-0.4, -0.2) is 11.9 Å². The average molecular weight is 503 g/mol. The highest BCUT2D eigenvalue weighted by Gasteiger charge is 2.06. The first-order valence-corrected chi connectivity index (χ1v) is 12.6. The van der Waals surface area contributed by atoms with Gasteiger partial charge in [-0.3, -0.25) is 0 Å². The molecule has 1 heterocycles. The largest absolute Gasteiger partial charge is 0.369 e. The number of nitrogens with one attached hydrogen (secondary N) is 2. The lowest BCUT2D eigenvalue weighted by Gasteiger charge is -2.05. The van der Waals surface area contributed by atoms with Gasteiger partial charge in [-0.1, -0.05) is 60.7 Å². The second-order valence-corrected chi connectivity index (χ2v) is 9.32. The third-order valence-electron chi connectivity index (χ3n) is 5.50. The Labute approximate surface area is 220 Å². The van der Waals surface area contributed by atoms with E-state index in [-0.39, 0.29) is 0 Å². The first-order valence-electron chi connectivity index (χ1n) is 11.8. The number of hydrogen-bond donors (Lipinski definition) is 4. The Morgan fingerprint density at radius 1 is 0.486 bits per heavy atom. The van der Waals surface area contributed by atoms with Crippen molar-refractivity contribution in [2.75, 3.05) is 10.6 Å². The smallest absolute Gasteiger partial charge is 0.198 e. The quantitative estimate of drug-likeness (QED) is 0.146. The highest BCUT2D eigenvalue weighted by molar-refractivity contribution is 7.18. The second-order valence-electron chi connectivity index (χ2n) is 8.23. The summed E-state index contributed by atoms with van der Waals surface area (Å²) in [5.41, 5.74) is 17.7. The molecular formula is C30H26N6S. The van der Waals surface area contributed by atoms with E-state index in [1.807, 2.05) is 84.9 Å². The summed E-state index contributed by atoms with van der Waals surface area (Å²) in [5, 5.41) is 6.19. The van der Waals surface area contributed by atoms with Crippen LogP contribution in [0.15, 0.2) is 131 Å². The number of anilines is 2. The molecule has 0 amide bonds. The van der Waals surface area contributed by atoms with Crippen molar-refractivity contribution >= 4 is 46.0 Å². The number of thiophene rings is 1. The van der Waals surface area contributed by atoms with Gasteiger partial charge in [0.25, 0.3) is 0 Å². The molecule has 1 aromatic heterocycles. The van der Waals surface area contributed by atoms with Gasteiger partial charge in [0.2, 0.25) is 0 Å². The van der Waals surface area contributed by atoms with E-state index in [2.05, 4.69) is 57.0 Å². The predicted molar refractivity (Wildman–Crippen MR) is 158 cm³/mol. The van der Waals surface area contributed by atoms with E-state index in [1.54, 1.807) is 11.3 Å². The third kappa shape index (κ3) is 6.42. The van der Waals surface area contributed by atoms with Crippen molar-refractivity contribution in [2.24, 2.45) is 21.5 Å². The third-order valence-corrected chi connectivity index (χ3v) is 6.68. The van der Waals surface area contributed by atoms with Crippen molar-refractivity contribution in [3.63, 3.8) is 0 Å². The Hall–Kier alpha value is -4.88. The summed E-state index contributed by atoms with van der Waals surface area (Å²) in [4.78, 5) is 11.3. The fraction of sp³-hybridized carbons (Fsp3) is 0. The van der Waals surface area contributed by atoms with Crippen LogP contribution in [0, 0.1) is 0 Å². The lowest BCUT2D eigenvalue weighted by Crippen LogP contribution is -2.21. The van der Waals surface area contributed by atoms with Crippen LogP contribution in [0.4, 0.5) is 22.7 Å². The van der Waals surface area contributed by atoms with Gasteiger partial charge in [0.05, 0.1) is 11.4 Å². The number of nitrogens with two attached hydrogens (primary N) is 2. The molecule has 0 saturated carbocycles. The van der Waals surface area contributed by atoms with Gasteiger partial charge in [-0.25, -0.2) is 9.98 Å². The summed E-state index contributed by atoms with van der Waals surface area (Å²) >= 11 is 1.74. The number of hydrogen-bond acceptors (Lipinski definition) is 3. The molecule has 5 aromatic rings. The molecule has 6 nitrogen and oxygen atoms in total. The number of nitrogens with zero attached hydrogens (tertiary/aromatic N) is 2. The maximum atomic E-state index is 6.05. The van der Waals surface area contributed by atoms with E-state index >= 15 is 0 Å². The number of rotatable bonds is 6. The molecule has 0 bridgehead atoms. The number of para-hydroxylation sites is 2. The molecule has 182 valence electrons. The number of guanidine groups is 2. The molecule has 5 rings (SSSR count). The topological polar surface area (TPSA) is 101 Å². The molecule has 0 spiro atoms. The molecular weight excluding hydrogens is 476 g/mol. The highest BCUT2D eigenvalue weighted by Crippen LogP contribution is 2.35. The van der Waals surface area contributed by atoms with E-state index in [4.69, 9.17) is 11.5 Å². The minimum absolute atomic E-state index is 0.350. The van der Waals surface area contributed by atoms with Crippen LogP contribution in [-0.2, 0) is 0 Å². The maximum absolute atomic E-state index is 6.05. The zero-order valence-electron chi connectivity index (χ0n) is 20.0. The highest BCUT2D eigenvalue weighted by atomic mass is 32.1. The first-order chi connectivity index (χ1) is 18.1. The van der Waals surface area contributed by atoms with Crippen molar-refractivity contribution in [1.82, 2.24) is 0 Å². The van der Waals surface area contributed by atoms with Gasteiger partial charge < -0.3 is 22.1 Å². The van der Waals surface area contributed by atoms with E-state index in [0.717, 1.165) is 33.9 Å². The molecule has 0 radical (unpaired) electrons. The fourth-order valence-electron chi connectivity index (χ4n) is 3.72. The maximum Gasteiger partial charge on any atom is 0.198 e. The van der Waals surface area contributed by atoms with Crippen LogP contribution in [0.5, 0.6) is 0 Å². The lowest BCUT2D eigenvalue weighted by atomic mass is 10.1. The minimum atomic E-state index is 0.350.